The number of amides is 3. The molecule has 3 amide bonds. The number of nitrogens with zero attached hydrogens (tertiary/aromatic N) is 2. The van der Waals surface area contributed by atoms with Gasteiger partial charge in [-0.25, -0.2) is 8.78 Å². The Morgan fingerprint density at radius 2 is 2.17 bits per heavy atom. The van der Waals surface area contributed by atoms with Gasteiger partial charge in [-0.2, -0.15) is 5.26 Å². The zero-order valence-corrected chi connectivity index (χ0v) is 19.7. The zero-order chi connectivity index (χ0) is 25.6. The van der Waals surface area contributed by atoms with Gasteiger partial charge in [-0.1, -0.05) is 6.07 Å². The van der Waals surface area contributed by atoms with Gasteiger partial charge in [0, 0.05) is 42.8 Å². The predicted octanol–water partition coefficient (Wildman–Crippen LogP) is 2.20. The van der Waals surface area contributed by atoms with Crippen LogP contribution in [-0.2, 0) is 9.59 Å². The molecule has 3 N–H and O–H groups in total. The fraction of sp³-hybridized carbons (Fsp3) is 0.520. The highest BCUT2D eigenvalue weighted by molar-refractivity contribution is 6.02. The number of fused-ring (bicyclic) bond motifs is 2. The van der Waals surface area contributed by atoms with Gasteiger partial charge >= 0.3 is 0 Å². The molecule has 1 aromatic heterocycles. The number of halogens is 2. The molecule has 0 bridgehead atoms. The first kappa shape index (κ1) is 24.0. The maximum absolute atomic E-state index is 14.3. The Bertz CT molecular complexity index is 1250. The lowest BCUT2D eigenvalue weighted by Crippen LogP contribution is -2.51. The van der Waals surface area contributed by atoms with Gasteiger partial charge in [-0.05, 0) is 42.9 Å². The van der Waals surface area contributed by atoms with Crippen molar-refractivity contribution >= 4 is 28.6 Å². The first-order chi connectivity index (χ1) is 17.2. The maximum atomic E-state index is 14.3. The van der Waals surface area contributed by atoms with E-state index in [4.69, 9.17) is 4.74 Å². The third-order valence-corrected chi connectivity index (χ3v) is 7.63. The van der Waals surface area contributed by atoms with Crippen LogP contribution in [0.25, 0.3) is 10.9 Å². The standard InChI is InChI=1S/C25H27F2N5O4/c1-36-20-4-2-3-18-16(20)8-19(31-18)24(35)32-12-14-9-25(26,27)10-17(14)21(32)23(34)30-15(11-28)7-13-5-6-29-22(13)33/h2-4,8,13-15,17,21,31H,5-7,9-10,12H2,1H3,(H,29,33)(H,30,34). The van der Waals surface area contributed by atoms with Crippen molar-refractivity contribution in [1.82, 2.24) is 20.5 Å². The summed E-state index contributed by atoms with van der Waals surface area (Å²) in [5.41, 5.74) is 0.891. The summed E-state index contributed by atoms with van der Waals surface area (Å²) in [6.07, 6.45) is -0.208. The Labute approximate surface area is 206 Å². The van der Waals surface area contributed by atoms with Gasteiger partial charge in [-0.3, -0.25) is 14.4 Å². The average Bonchev–Trinajstić information content (AvgIpc) is 3.59. The molecule has 11 heteroatoms. The Morgan fingerprint density at radius 1 is 1.36 bits per heavy atom. The number of benzene rings is 1. The molecule has 2 saturated heterocycles. The lowest BCUT2D eigenvalue weighted by atomic mass is 9.92. The molecule has 3 fully saturated rings. The number of H-pyrrole nitrogens is 1. The van der Waals surface area contributed by atoms with Crippen LogP contribution in [0.2, 0.25) is 0 Å². The average molecular weight is 500 g/mol. The number of hydrogen-bond donors (Lipinski definition) is 3. The number of hydrogen-bond acceptors (Lipinski definition) is 5. The first-order valence-corrected chi connectivity index (χ1v) is 12.0. The van der Waals surface area contributed by atoms with Crippen molar-refractivity contribution in [3.8, 4) is 11.8 Å². The molecule has 36 heavy (non-hydrogen) atoms. The number of aromatic amines is 1. The highest BCUT2D eigenvalue weighted by atomic mass is 19.3. The van der Waals surface area contributed by atoms with Crippen LogP contribution in [0.15, 0.2) is 24.3 Å². The molecule has 0 radical (unpaired) electrons. The molecule has 5 unspecified atom stereocenters. The molecule has 3 aliphatic rings. The monoisotopic (exact) mass is 499 g/mol. The van der Waals surface area contributed by atoms with Gasteiger partial charge in [0.15, 0.2) is 0 Å². The molecule has 1 aromatic carbocycles. The van der Waals surface area contributed by atoms with E-state index in [1.165, 1.54) is 12.0 Å². The lowest BCUT2D eigenvalue weighted by Gasteiger charge is -2.28. The number of alkyl halides is 2. The van der Waals surface area contributed by atoms with Crippen LogP contribution in [-0.4, -0.2) is 65.8 Å². The van der Waals surface area contributed by atoms with Gasteiger partial charge in [-0.15, -0.1) is 0 Å². The molecule has 1 saturated carbocycles. The highest BCUT2D eigenvalue weighted by Gasteiger charge is 2.58. The van der Waals surface area contributed by atoms with Crippen molar-refractivity contribution in [3.63, 3.8) is 0 Å². The Kier molecular flexibility index (Phi) is 6.06. The Balaban J connectivity index is 1.40. The summed E-state index contributed by atoms with van der Waals surface area (Å²) in [4.78, 5) is 43.3. The van der Waals surface area contributed by atoms with Crippen molar-refractivity contribution in [3.05, 3.63) is 30.0 Å². The molecule has 1 aliphatic carbocycles. The number of ether oxygens (including phenoxy) is 1. The van der Waals surface area contributed by atoms with Crippen LogP contribution in [0.5, 0.6) is 5.75 Å². The lowest BCUT2D eigenvalue weighted by molar-refractivity contribution is -0.127. The van der Waals surface area contributed by atoms with E-state index in [2.05, 4.69) is 15.6 Å². The van der Waals surface area contributed by atoms with Gasteiger partial charge in [0.05, 0.1) is 13.2 Å². The van der Waals surface area contributed by atoms with Crippen molar-refractivity contribution in [1.29, 1.82) is 5.26 Å². The minimum atomic E-state index is -2.91. The number of nitriles is 1. The minimum absolute atomic E-state index is 0.0198. The van der Waals surface area contributed by atoms with E-state index in [-0.39, 0.29) is 24.6 Å². The van der Waals surface area contributed by atoms with Gasteiger partial charge in [0.1, 0.15) is 23.5 Å². The molecule has 190 valence electrons. The summed E-state index contributed by atoms with van der Waals surface area (Å²) in [5.74, 6) is -5.29. The van der Waals surface area contributed by atoms with E-state index in [0.29, 0.717) is 29.6 Å². The number of aromatic nitrogens is 1. The van der Waals surface area contributed by atoms with Crippen LogP contribution < -0.4 is 15.4 Å². The Hall–Kier alpha value is -3.68. The molecule has 3 heterocycles. The number of nitrogens with one attached hydrogen (secondary N) is 3. The fourth-order valence-corrected chi connectivity index (χ4v) is 5.97. The SMILES string of the molecule is COc1cccc2[nH]c(C(=O)N3CC4CC(F)(F)CC4C3C(=O)NC(C#N)CC3CCNC3=O)cc12. The molecule has 0 spiro atoms. The second kappa shape index (κ2) is 9.08. The van der Waals surface area contributed by atoms with E-state index in [9.17, 15) is 28.4 Å². The number of rotatable bonds is 6. The molecule has 9 nitrogen and oxygen atoms in total. The zero-order valence-electron chi connectivity index (χ0n) is 19.7. The number of carbonyl (C=O) groups excluding carboxylic acids is 3. The third kappa shape index (κ3) is 4.25. The smallest absolute Gasteiger partial charge is 0.271 e. The van der Waals surface area contributed by atoms with E-state index < -0.39 is 60.4 Å². The second-order valence-electron chi connectivity index (χ2n) is 9.90. The van der Waals surface area contributed by atoms with E-state index in [1.807, 2.05) is 6.07 Å². The summed E-state index contributed by atoms with van der Waals surface area (Å²) in [5, 5.41) is 15.6. The minimum Gasteiger partial charge on any atom is -0.496 e. The van der Waals surface area contributed by atoms with Crippen molar-refractivity contribution in [2.45, 2.75) is 43.7 Å². The molecular formula is C25H27F2N5O4. The second-order valence-corrected chi connectivity index (χ2v) is 9.90. The summed E-state index contributed by atoms with van der Waals surface area (Å²) in [6, 6.07) is 6.84. The van der Waals surface area contributed by atoms with E-state index >= 15 is 0 Å². The van der Waals surface area contributed by atoms with Gasteiger partial charge in [0.25, 0.3) is 5.91 Å². The topological polar surface area (TPSA) is 127 Å². The molecule has 2 aliphatic heterocycles. The number of carbonyl (C=O) groups is 3. The summed E-state index contributed by atoms with van der Waals surface area (Å²) in [7, 11) is 1.52. The van der Waals surface area contributed by atoms with Crippen LogP contribution in [0.4, 0.5) is 8.78 Å². The molecular weight excluding hydrogens is 472 g/mol. The van der Waals surface area contributed by atoms with Crippen molar-refractivity contribution < 1.29 is 27.9 Å². The van der Waals surface area contributed by atoms with Crippen molar-refractivity contribution in [2.24, 2.45) is 17.8 Å². The van der Waals surface area contributed by atoms with Crippen LogP contribution in [0.3, 0.4) is 0 Å². The summed E-state index contributed by atoms with van der Waals surface area (Å²) >= 11 is 0. The van der Waals surface area contributed by atoms with E-state index in [0.717, 1.165) is 0 Å². The predicted molar refractivity (Wildman–Crippen MR) is 124 cm³/mol. The Morgan fingerprint density at radius 3 is 2.86 bits per heavy atom. The molecule has 5 rings (SSSR count). The van der Waals surface area contributed by atoms with E-state index in [1.54, 1.807) is 24.3 Å². The summed E-state index contributed by atoms with van der Waals surface area (Å²) < 4.78 is 33.9. The largest absolute Gasteiger partial charge is 0.496 e. The highest BCUT2D eigenvalue weighted by Crippen LogP contribution is 2.50. The first-order valence-electron chi connectivity index (χ1n) is 12.0. The number of methoxy groups -OCH3 is 1. The van der Waals surface area contributed by atoms with Gasteiger partial charge < -0.3 is 25.3 Å². The van der Waals surface area contributed by atoms with Crippen molar-refractivity contribution in [2.75, 3.05) is 20.2 Å². The third-order valence-electron chi connectivity index (χ3n) is 7.63. The molecule has 2 aromatic rings. The van der Waals surface area contributed by atoms with Crippen LogP contribution in [0.1, 0.15) is 36.2 Å². The number of likely N-dealkylation sites (tertiary alicyclic amines) is 1. The van der Waals surface area contributed by atoms with Crippen LogP contribution in [0, 0.1) is 29.1 Å². The van der Waals surface area contributed by atoms with Gasteiger partial charge in [0.2, 0.25) is 17.7 Å². The maximum Gasteiger partial charge on any atom is 0.271 e. The summed E-state index contributed by atoms with van der Waals surface area (Å²) in [6.45, 7) is 0.528. The van der Waals surface area contributed by atoms with Crippen LogP contribution >= 0.6 is 0 Å². The molecule has 5 atom stereocenters. The fourth-order valence-electron chi connectivity index (χ4n) is 5.97. The normalized spacial score (nSPS) is 27.4. The quantitative estimate of drug-likeness (QED) is 0.562.